The van der Waals surface area contributed by atoms with Gasteiger partial charge in [-0.3, -0.25) is 0 Å². The molecule has 3 nitrogen and oxygen atoms in total. The minimum atomic E-state index is 0.603. The average Bonchev–Trinajstić information content (AvgIpc) is 2.92. The second kappa shape index (κ2) is 10.2. The van der Waals surface area contributed by atoms with Crippen molar-refractivity contribution in [1.82, 2.24) is 10.3 Å². The molecule has 1 N–H and O–H groups in total. The minimum Gasteiger partial charge on any atom is -0.349 e. The van der Waals surface area contributed by atoms with Gasteiger partial charge in [-0.15, -0.1) is 11.3 Å². The summed E-state index contributed by atoms with van der Waals surface area (Å²) in [6, 6.07) is 0.603. The lowest BCUT2D eigenvalue weighted by atomic mass is 10.1. The van der Waals surface area contributed by atoms with Crippen molar-refractivity contribution in [3.8, 4) is 0 Å². The smallest absolute Gasteiger partial charge is 0.185 e. The first kappa shape index (κ1) is 17.4. The molecule has 4 heteroatoms. The van der Waals surface area contributed by atoms with Crippen LogP contribution in [-0.2, 0) is 6.54 Å². The zero-order chi connectivity index (χ0) is 14.8. The van der Waals surface area contributed by atoms with Crippen LogP contribution in [0, 0.1) is 0 Å². The van der Waals surface area contributed by atoms with Crippen LogP contribution >= 0.6 is 11.3 Å². The lowest BCUT2D eigenvalue weighted by molar-refractivity contribution is 0.484. The van der Waals surface area contributed by atoms with E-state index in [0.29, 0.717) is 6.04 Å². The van der Waals surface area contributed by atoms with E-state index < -0.39 is 0 Å². The maximum atomic E-state index is 4.53. The van der Waals surface area contributed by atoms with E-state index in [1.54, 1.807) is 0 Å². The number of hydrogen-bond acceptors (Lipinski definition) is 4. The van der Waals surface area contributed by atoms with Crippen LogP contribution in [0.1, 0.15) is 64.7 Å². The second-order valence-corrected chi connectivity index (χ2v) is 6.51. The Balaban J connectivity index is 2.27. The van der Waals surface area contributed by atoms with Gasteiger partial charge in [0.2, 0.25) is 0 Å². The van der Waals surface area contributed by atoms with Gasteiger partial charge in [0.1, 0.15) is 0 Å². The predicted molar refractivity (Wildman–Crippen MR) is 90.7 cm³/mol. The number of hydrogen-bond donors (Lipinski definition) is 1. The Morgan fingerprint density at radius 2 is 1.95 bits per heavy atom. The fourth-order valence-electron chi connectivity index (χ4n) is 2.27. The van der Waals surface area contributed by atoms with Gasteiger partial charge >= 0.3 is 0 Å². The molecule has 0 aliphatic rings. The Hall–Kier alpha value is -0.610. The minimum absolute atomic E-state index is 0.603. The lowest BCUT2D eigenvalue weighted by Gasteiger charge is -2.16. The van der Waals surface area contributed by atoms with E-state index in [9.17, 15) is 0 Å². The summed E-state index contributed by atoms with van der Waals surface area (Å²) >= 11 is 1.82. The van der Waals surface area contributed by atoms with Crippen LogP contribution in [0.4, 0.5) is 5.13 Å². The third-order valence-electron chi connectivity index (χ3n) is 3.69. The van der Waals surface area contributed by atoms with Gasteiger partial charge in [0.05, 0.1) is 0 Å². The molecule has 1 heterocycles. The standard InChI is InChI=1S/C16H31N3S/c1-5-8-9-10-11-14(4)17-12-15-13-18-16(20-15)19(6-2)7-3/h13-14,17H,5-12H2,1-4H3. The number of thiazole rings is 1. The molecule has 20 heavy (non-hydrogen) atoms. The highest BCUT2D eigenvalue weighted by molar-refractivity contribution is 7.15. The normalized spacial score (nSPS) is 12.6. The summed E-state index contributed by atoms with van der Waals surface area (Å²) in [7, 11) is 0. The Morgan fingerprint density at radius 1 is 1.20 bits per heavy atom. The van der Waals surface area contributed by atoms with Crippen molar-refractivity contribution in [1.29, 1.82) is 0 Å². The summed E-state index contributed by atoms with van der Waals surface area (Å²) in [6.07, 6.45) is 8.70. The summed E-state index contributed by atoms with van der Waals surface area (Å²) in [5.41, 5.74) is 0. The van der Waals surface area contributed by atoms with Crippen LogP contribution in [0.3, 0.4) is 0 Å². The Kier molecular flexibility index (Phi) is 8.86. The van der Waals surface area contributed by atoms with Crippen molar-refractivity contribution in [3.05, 3.63) is 11.1 Å². The molecule has 0 radical (unpaired) electrons. The van der Waals surface area contributed by atoms with Crippen molar-refractivity contribution >= 4 is 16.5 Å². The summed E-state index contributed by atoms with van der Waals surface area (Å²) in [5.74, 6) is 0. The summed E-state index contributed by atoms with van der Waals surface area (Å²) < 4.78 is 0. The van der Waals surface area contributed by atoms with Gasteiger partial charge < -0.3 is 10.2 Å². The fraction of sp³-hybridized carbons (Fsp3) is 0.812. The molecular formula is C16H31N3S. The van der Waals surface area contributed by atoms with Gasteiger partial charge in [-0.25, -0.2) is 4.98 Å². The van der Waals surface area contributed by atoms with E-state index in [2.05, 4.69) is 42.9 Å². The van der Waals surface area contributed by atoms with Crippen molar-refractivity contribution < 1.29 is 0 Å². The van der Waals surface area contributed by atoms with Gasteiger partial charge in [0, 0.05) is 36.8 Å². The molecule has 1 atom stereocenters. The summed E-state index contributed by atoms with van der Waals surface area (Å²) in [6.45, 7) is 11.9. The van der Waals surface area contributed by atoms with E-state index in [1.807, 2.05) is 17.5 Å². The first-order valence-corrected chi connectivity index (χ1v) is 8.95. The quantitative estimate of drug-likeness (QED) is 0.612. The number of aromatic nitrogens is 1. The molecule has 0 aliphatic heterocycles. The molecule has 1 aromatic heterocycles. The molecule has 1 unspecified atom stereocenters. The van der Waals surface area contributed by atoms with Crippen molar-refractivity contribution in [2.24, 2.45) is 0 Å². The van der Waals surface area contributed by atoms with Crippen molar-refractivity contribution in [3.63, 3.8) is 0 Å². The summed E-state index contributed by atoms with van der Waals surface area (Å²) in [4.78, 5) is 8.18. The highest BCUT2D eigenvalue weighted by Crippen LogP contribution is 2.22. The van der Waals surface area contributed by atoms with Gasteiger partial charge in [-0.05, 0) is 27.2 Å². The maximum Gasteiger partial charge on any atom is 0.185 e. The first-order chi connectivity index (χ1) is 9.71. The zero-order valence-electron chi connectivity index (χ0n) is 13.6. The Bertz CT molecular complexity index is 347. The molecule has 0 aromatic carbocycles. The van der Waals surface area contributed by atoms with Crippen LogP contribution in [0.5, 0.6) is 0 Å². The largest absolute Gasteiger partial charge is 0.349 e. The maximum absolute atomic E-state index is 4.53. The topological polar surface area (TPSA) is 28.2 Å². The third kappa shape index (κ3) is 6.23. The molecule has 0 fully saturated rings. The Morgan fingerprint density at radius 3 is 2.60 bits per heavy atom. The SMILES string of the molecule is CCCCCCC(C)NCc1cnc(N(CC)CC)s1. The third-order valence-corrected chi connectivity index (χ3v) is 4.75. The molecule has 116 valence electrons. The number of unbranched alkanes of at least 4 members (excludes halogenated alkanes) is 3. The van der Waals surface area contributed by atoms with Crippen LogP contribution < -0.4 is 10.2 Å². The van der Waals surface area contributed by atoms with Gasteiger partial charge in [-0.1, -0.05) is 32.6 Å². The number of nitrogens with zero attached hydrogens (tertiary/aromatic N) is 2. The van der Waals surface area contributed by atoms with Gasteiger partial charge in [0.25, 0.3) is 0 Å². The second-order valence-electron chi connectivity index (χ2n) is 5.41. The van der Waals surface area contributed by atoms with Crippen molar-refractivity contribution in [2.45, 2.75) is 72.4 Å². The molecule has 0 saturated heterocycles. The molecule has 0 aliphatic carbocycles. The van der Waals surface area contributed by atoms with Crippen molar-refractivity contribution in [2.75, 3.05) is 18.0 Å². The van der Waals surface area contributed by atoms with Crippen LogP contribution in [0.15, 0.2) is 6.20 Å². The highest BCUT2D eigenvalue weighted by atomic mass is 32.1. The average molecular weight is 298 g/mol. The van der Waals surface area contributed by atoms with E-state index in [-0.39, 0.29) is 0 Å². The number of anilines is 1. The van der Waals surface area contributed by atoms with Gasteiger partial charge in [0.15, 0.2) is 5.13 Å². The molecule has 0 spiro atoms. The molecule has 0 saturated carbocycles. The van der Waals surface area contributed by atoms with Crippen LogP contribution in [0.2, 0.25) is 0 Å². The molecular weight excluding hydrogens is 266 g/mol. The van der Waals surface area contributed by atoms with Crippen LogP contribution in [-0.4, -0.2) is 24.1 Å². The fourth-order valence-corrected chi connectivity index (χ4v) is 3.26. The molecule has 0 amide bonds. The molecule has 1 rings (SSSR count). The lowest BCUT2D eigenvalue weighted by Crippen LogP contribution is -2.24. The first-order valence-electron chi connectivity index (χ1n) is 8.14. The highest BCUT2D eigenvalue weighted by Gasteiger charge is 2.08. The van der Waals surface area contributed by atoms with Gasteiger partial charge in [-0.2, -0.15) is 0 Å². The molecule has 0 bridgehead atoms. The van der Waals surface area contributed by atoms with Crippen LogP contribution in [0.25, 0.3) is 0 Å². The molecule has 1 aromatic rings. The summed E-state index contributed by atoms with van der Waals surface area (Å²) in [5, 5.41) is 4.77. The monoisotopic (exact) mass is 297 g/mol. The number of rotatable bonds is 11. The predicted octanol–water partition coefficient (Wildman–Crippen LogP) is 4.44. The van der Waals surface area contributed by atoms with E-state index in [0.717, 1.165) is 24.8 Å². The Labute approximate surface area is 128 Å². The van der Waals surface area contributed by atoms with E-state index in [4.69, 9.17) is 0 Å². The zero-order valence-corrected chi connectivity index (χ0v) is 14.4. The van der Waals surface area contributed by atoms with E-state index >= 15 is 0 Å². The number of nitrogens with one attached hydrogen (secondary N) is 1. The van der Waals surface area contributed by atoms with E-state index in [1.165, 1.54) is 37.0 Å².